The van der Waals surface area contributed by atoms with Crippen molar-refractivity contribution in [1.29, 1.82) is 0 Å². The van der Waals surface area contributed by atoms with Crippen molar-refractivity contribution in [2.24, 2.45) is 0 Å². The highest BCUT2D eigenvalue weighted by Crippen LogP contribution is 2.26. The first kappa shape index (κ1) is 15.6. The van der Waals surface area contributed by atoms with Crippen molar-refractivity contribution in [3.05, 3.63) is 47.3 Å². The second-order valence-corrected chi connectivity index (χ2v) is 5.61. The second kappa shape index (κ2) is 6.44. The zero-order valence-electron chi connectivity index (χ0n) is 12.4. The molecule has 0 amide bonds. The molecule has 1 aliphatic heterocycles. The van der Waals surface area contributed by atoms with Gasteiger partial charge in [0.1, 0.15) is 11.5 Å². The number of morpholine rings is 1. The van der Waals surface area contributed by atoms with E-state index in [0.717, 1.165) is 5.56 Å². The zero-order chi connectivity index (χ0) is 16.4. The number of benzene rings is 1. The molecule has 0 unspecified atom stereocenters. The molecule has 7 heteroatoms. The number of carboxylic acid groups (broad SMARTS) is 1. The third-order valence-corrected chi connectivity index (χ3v) is 3.92. The van der Waals surface area contributed by atoms with Crippen molar-refractivity contribution in [3.63, 3.8) is 0 Å². The Morgan fingerprint density at radius 2 is 2.13 bits per heavy atom. The van der Waals surface area contributed by atoms with Crippen molar-refractivity contribution in [2.75, 3.05) is 26.3 Å². The topological polar surface area (TPSA) is 78.5 Å². The number of carbonyl (C=O) groups is 1. The summed E-state index contributed by atoms with van der Waals surface area (Å²) >= 11 is 5.99. The lowest BCUT2D eigenvalue weighted by Crippen LogP contribution is -2.35. The molecule has 0 radical (unpaired) electrons. The quantitative estimate of drug-likeness (QED) is 0.899. The number of nitrogens with zero attached hydrogens (tertiary/aromatic N) is 2. The molecule has 1 saturated heterocycles. The number of aromatic nitrogens is 2. The van der Waals surface area contributed by atoms with E-state index in [2.05, 4.69) is 16.5 Å². The largest absolute Gasteiger partial charge is 0.477 e. The smallest absolute Gasteiger partial charge is 0.354 e. The van der Waals surface area contributed by atoms with E-state index in [0.29, 0.717) is 48.5 Å². The average Bonchev–Trinajstić information content (AvgIpc) is 3.00. The van der Waals surface area contributed by atoms with Gasteiger partial charge in [-0.15, -0.1) is 0 Å². The summed E-state index contributed by atoms with van der Waals surface area (Å²) in [6.45, 7) is 6.52. The third kappa shape index (κ3) is 3.23. The van der Waals surface area contributed by atoms with Crippen molar-refractivity contribution in [3.8, 4) is 11.4 Å². The highest BCUT2D eigenvalue weighted by molar-refractivity contribution is 6.30. The molecular weight excluding hydrogens is 318 g/mol. The second-order valence-electron chi connectivity index (χ2n) is 5.17. The number of rotatable bonds is 4. The number of nitrogens with one attached hydrogen (secondary N) is 1. The van der Waals surface area contributed by atoms with Crippen LogP contribution in [0.15, 0.2) is 30.8 Å². The number of hydrogen-bond acceptors (Lipinski definition) is 4. The first-order valence-electron chi connectivity index (χ1n) is 7.17. The molecule has 1 fully saturated rings. The molecule has 0 aliphatic carbocycles. The van der Waals surface area contributed by atoms with Crippen LogP contribution in [0.1, 0.15) is 16.2 Å². The van der Waals surface area contributed by atoms with Crippen LogP contribution < -0.4 is 0 Å². The van der Waals surface area contributed by atoms with Gasteiger partial charge in [-0.1, -0.05) is 30.3 Å². The number of aromatic carboxylic acids is 1. The Kier molecular flexibility index (Phi) is 4.36. The van der Waals surface area contributed by atoms with Gasteiger partial charge in [-0.05, 0) is 12.1 Å². The summed E-state index contributed by atoms with van der Waals surface area (Å²) < 4.78 is 5.31. The molecule has 0 bridgehead atoms. The summed E-state index contributed by atoms with van der Waals surface area (Å²) in [6.07, 6.45) is 0. The molecule has 0 atom stereocenters. The van der Waals surface area contributed by atoms with Gasteiger partial charge in [-0.3, -0.25) is 0 Å². The monoisotopic (exact) mass is 333 g/mol. The molecule has 0 spiro atoms. The SMILES string of the molecule is C=C(c1nc(-c2cccc(Cl)c2)[nH]c1C(=O)O)N1CCOCC1. The van der Waals surface area contributed by atoms with Gasteiger partial charge in [0.05, 0.1) is 18.9 Å². The van der Waals surface area contributed by atoms with Gasteiger partial charge >= 0.3 is 5.97 Å². The van der Waals surface area contributed by atoms with E-state index in [4.69, 9.17) is 16.3 Å². The Balaban J connectivity index is 1.99. The number of ether oxygens (including phenoxy) is 1. The van der Waals surface area contributed by atoms with Gasteiger partial charge in [0.2, 0.25) is 0 Å². The van der Waals surface area contributed by atoms with Crippen molar-refractivity contribution in [1.82, 2.24) is 14.9 Å². The van der Waals surface area contributed by atoms with E-state index >= 15 is 0 Å². The molecule has 2 heterocycles. The van der Waals surface area contributed by atoms with E-state index in [1.165, 1.54) is 0 Å². The first-order valence-corrected chi connectivity index (χ1v) is 7.55. The molecule has 0 saturated carbocycles. The highest BCUT2D eigenvalue weighted by Gasteiger charge is 2.23. The minimum Gasteiger partial charge on any atom is -0.477 e. The lowest BCUT2D eigenvalue weighted by atomic mass is 10.2. The van der Waals surface area contributed by atoms with Crippen LogP contribution in [-0.4, -0.2) is 52.2 Å². The van der Waals surface area contributed by atoms with E-state index in [1.54, 1.807) is 18.2 Å². The van der Waals surface area contributed by atoms with Crippen LogP contribution in [0, 0.1) is 0 Å². The van der Waals surface area contributed by atoms with Crippen LogP contribution in [0.25, 0.3) is 17.1 Å². The number of aromatic amines is 1. The Morgan fingerprint density at radius 1 is 1.39 bits per heavy atom. The summed E-state index contributed by atoms with van der Waals surface area (Å²) in [4.78, 5) is 20.8. The molecule has 23 heavy (non-hydrogen) atoms. The van der Waals surface area contributed by atoms with Crippen LogP contribution in [0.3, 0.4) is 0 Å². The van der Waals surface area contributed by atoms with E-state index in [9.17, 15) is 9.90 Å². The number of halogens is 1. The molecule has 3 rings (SSSR count). The summed E-state index contributed by atoms with van der Waals surface area (Å²) in [5.41, 5.74) is 1.67. The number of imidazole rings is 1. The fraction of sp³-hybridized carbons (Fsp3) is 0.250. The summed E-state index contributed by atoms with van der Waals surface area (Å²) in [7, 11) is 0. The molecule has 1 aromatic heterocycles. The maximum absolute atomic E-state index is 11.5. The number of carboxylic acids is 1. The normalized spacial score (nSPS) is 14.7. The third-order valence-electron chi connectivity index (χ3n) is 3.68. The van der Waals surface area contributed by atoms with Crippen LogP contribution in [0.4, 0.5) is 0 Å². The first-order chi connectivity index (χ1) is 11.1. The molecule has 120 valence electrons. The lowest BCUT2D eigenvalue weighted by Gasteiger charge is -2.29. The summed E-state index contributed by atoms with van der Waals surface area (Å²) in [5.74, 6) is -0.621. The van der Waals surface area contributed by atoms with Crippen LogP contribution in [0.5, 0.6) is 0 Å². The van der Waals surface area contributed by atoms with Gasteiger partial charge in [-0.2, -0.15) is 0 Å². The van der Waals surface area contributed by atoms with Crippen LogP contribution >= 0.6 is 11.6 Å². The summed E-state index contributed by atoms with van der Waals surface area (Å²) in [5, 5.41) is 10.0. The van der Waals surface area contributed by atoms with Gasteiger partial charge in [0.25, 0.3) is 0 Å². The van der Waals surface area contributed by atoms with Gasteiger partial charge in [0.15, 0.2) is 5.69 Å². The van der Waals surface area contributed by atoms with Crippen LogP contribution in [-0.2, 0) is 4.74 Å². The Labute approximate surface area is 138 Å². The van der Waals surface area contributed by atoms with Gasteiger partial charge < -0.3 is 19.7 Å². The standard InChI is InChI=1S/C16H16ClN3O3/c1-10(20-5-7-23-8-6-20)13-14(16(21)22)19-15(18-13)11-3-2-4-12(17)9-11/h2-4,9H,1,5-8H2,(H,18,19)(H,21,22). The average molecular weight is 334 g/mol. The maximum Gasteiger partial charge on any atom is 0.354 e. The van der Waals surface area contributed by atoms with Crippen LogP contribution in [0.2, 0.25) is 5.02 Å². The van der Waals surface area contributed by atoms with E-state index < -0.39 is 5.97 Å². The Morgan fingerprint density at radius 3 is 2.78 bits per heavy atom. The lowest BCUT2D eigenvalue weighted by molar-refractivity contribution is 0.0636. The fourth-order valence-corrected chi connectivity index (χ4v) is 2.68. The number of H-pyrrole nitrogens is 1. The molecule has 1 aliphatic rings. The molecule has 2 N–H and O–H groups in total. The van der Waals surface area contributed by atoms with E-state index in [1.807, 2.05) is 11.0 Å². The van der Waals surface area contributed by atoms with Gasteiger partial charge in [0, 0.05) is 23.7 Å². The van der Waals surface area contributed by atoms with Gasteiger partial charge in [-0.25, -0.2) is 9.78 Å². The molecule has 1 aromatic carbocycles. The maximum atomic E-state index is 11.5. The molecule has 6 nitrogen and oxygen atoms in total. The minimum atomic E-state index is -1.07. The zero-order valence-corrected chi connectivity index (χ0v) is 13.1. The number of hydrogen-bond donors (Lipinski definition) is 2. The summed E-state index contributed by atoms with van der Waals surface area (Å²) in [6, 6.07) is 7.09. The predicted octanol–water partition coefficient (Wildman–Crippen LogP) is 2.73. The Hall–Kier alpha value is -2.31. The van der Waals surface area contributed by atoms with E-state index in [-0.39, 0.29) is 5.69 Å². The van der Waals surface area contributed by atoms with Crippen molar-refractivity contribution >= 4 is 23.3 Å². The van der Waals surface area contributed by atoms with Crippen molar-refractivity contribution < 1.29 is 14.6 Å². The molecular formula is C16H16ClN3O3. The highest BCUT2D eigenvalue weighted by atomic mass is 35.5. The predicted molar refractivity (Wildman–Crippen MR) is 87.4 cm³/mol. The van der Waals surface area contributed by atoms with Crippen molar-refractivity contribution in [2.45, 2.75) is 0 Å². The Bertz CT molecular complexity index is 751. The minimum absolute atomic E-state index is 0.0245. The molecule has 2 aromatic rings. The fourth-order valence-electron chi connectivity index (χ4n) is 2.49.